The summed E-state index contributed by atoms with van der Waals surface area (Å²) in [5.41, 5.74) is 6.61. The van der Waals surface area contributed by atoms with Crippen LogP contribution in [0.15, 0.2) is 28.9 Å². The summed E-state index contributed by atoms with van der Waals surface area (Å²) in [7, 11) is 0. The van der Waals surface area contributed by atoms with Gasteiger partial charge in [0.05, 0.1) is 0 Å². The lowest BCUT2D eigenvalue weighted by molar-refractivity contribution is 0.484. The molecule has 0 fully saturated rings. The summed E-state index contributed by atoms with van der Waals surface area (Å²) >= 11 is 0. The van der Waals surface area contributed by atoms with Crippen LogP contribution in [-0.4, -0.2) is 28.3 Å². The highest BCUT2D eigenvalue weighted by atomic mass is 16.4. The van der Waals surface area contributed by atoms with E-state index in [4.69, 9.17) is 10.2 Å². The van der Waals surface area contributed by atoms with E-state index in [0.29, 0.717) is 24.9 Å². The summed E-state index contributed by atoms with van der Waals surface area (Å²) in [5, 5.41) is 8.01. The Balaban J connectivity index is 2.08. The molecule has 0 aliphatic carbocycles. The minimum absolute atomic E-state index is 0.512. The third-order valence-electron chi connectivity index (χ3n) is 2.59. The van der Waals surface area contributed by atoms with Crippen molar-refractivity contribution in [2.24, 2.45) is 5.73 Å². The molecule has 0 amide bonds. The second-order valence-corrected chi connectivity index (χ2v) is 3.89. The van der Waals surface area contributed by atoms with Gasteiger partial charge in [0.2, 0.25) is 5.89 Å². The van der Waals surface area contributed by atoms with Crippen molar-refractivity contribution in [1.29, 1.82) is 0 Å². The lowest BCUT2D eigenvalue weighted by Crippen LogP contribution is -2.22. The maximum absolute atomic E-state index is 5.56. The van der Waals surface area contributed by atoms with E-state index in [9.17, 15) is 0 Å². The second-order valence-electron chi connectivity index (χ2n) is 3.89. The maximum atomic E-state index is 5.56. The largest absolute Gasteiger partial charge is 0.408 e. The van der Waals surface area contributed by atoms with Crippen molar-refractivity contribution in [3.8, 4) is 0 Å². The van der Waals surface area contributed by atoms with E-state index in [0.717, 1.165) is 18.7 Å². The predicted octanol–water partition coefficient (Wildman–Crippen LogP) is 0.992. The van der Waals surface area contributed by atoms with Gasteiger partial charge in [-0.15, -0.1) is 5.10 Å². The molecule has 96 valence electrons. The van der Waals surface area contributed by atoms with Crippen LogP contribution in [0.5, 0.6) is 0 Å². The Bertz CT molecular complexity index is 470. The van der Waals surface area contributed by atoms with Gasteiger partial charge in [0.15, 0.2) is 0 Å². The van der Waals surface area contributed by atoms with E-state index in [1.807, 2.05) is 24.0 Å². The minimum atomic E-state index is 0.512. The molecule has 18 heavy (non-hydrogen) atoms. The van der Waals surface area contributed by atoms with Crippen LogP contribution in [0.1, 0.15) is 18.4 Å². The number of nitrogens with zero attached hydrogens (tertiary/aromatic N) is 4. The van der Waals surface area contributed by atoms with Crippen LogP contribution >= 0.6 is 0 Å². The Hall–Kier alpha value is -1.95. The minimum Gasteiger partial charge on any atom is -0.408 e. The summed E-state index contributed by atoms with van der Waals surface area (Å²) in [6.45, 7) is 4.09. The lowest BCUT2D eigenvalue weighted by Gasteiger charge is -2.17. The number of hydrogen-bond donors (Lipinski definition) is 1. The zero-order valence-electron chi connectivity index (χ0n) is 10.4. The van der Waals surface area contributed by atoms with E-state index < -0.39 is 0 Å². The number of rotatable bonds is 6. The van der Waals surface area contributed by atoms with Crippen LogP contribution in [0.3, 0.4) is 0 Å². The number of hydrogen-bond acceptors (Lipinski definition) is 6. The quantitative estimate of drug-likeness (QED) is 0.820. The summed E-state index contributed by atoms with van der Waals surface area (Å²) in [6, 6.07) is 4.48. The number of anilines is 1. The van der Waals surface area contributed by atoms with Gasteiger partial charge in [-0.05, 0) is 24.6 Å². The monoisotopic (exact) mass is 247 g/mol. The zero-order chi connectivity index (χ0) is 12.8. The Morgan fingerprint density at radius 3 is 2.72 bits per heavy atom. The SMILES string of the molecule is CCN(Cc1ccncc1)c1nnc(CCN)o1. The third-order valence-corrected chi connectivity index (χ3v) is 2.59. The van der Waals surface area contributed by atoms with Gasteiger partial charge in [0.1, 0.15) is 0 Å². The lowest BCUT2D eigenvalue weighted by atomic mass is 10.2. The summed E-state index contributed by atoms with van der Waals surface area (Å²) in [5.74, 6) is 0.584. The van der Waals surface area contributed by atoms with Crippen LogP contribution in [0.25, 0.3) is 0 Å². The van der Waals surface area contributed by atoms with E-state index in [1.165, 1.54) is 0 Å². The molecule has 2 N–H and O–H groups in total. The summed E-state index contributed by atoms with van der Waals surface area (Å²) < 4.78 is 5.56. The molecule has 2 rings (SSSR count). The fourth-order valence-corrected chi connectivity index (χ4v) is 1.62. The Morgan fingerprint density at radius 1 is 1.28 bits per heavy atom. The maximum Gasteiger partial charge on any atom is 0.318 e. The molecule has 0 atom stereocenters. The van der Waals surface area contributed by atoms with Crippen molar-refractivity contribution >= 4 is 6.01 Å². The van der Waals surface area contributed by atoms with Crippen LogP contribution < -0.4 is 10.6 Å². The van der Waals surface area contributed by atoms with E-state index in [2.05, 4.69) is 15.2 Å². The molecule has 2 aromatic heterocycles. The number of nitrogens with two attached hydrogens (primary N) is 1. The molecule has 0 radical (unpaired) electrons. The Morgan fingerprint density at radius 2 is 2.06 bits per heavy atom. The van der Waals surface area contributed by atoms with Gasteiger partial charge in [-0.2, -0.15) is 0 Å². The molecule has 2 heterocycles. The van der Waals surface area contributed by atoms with Gasteiger partial charge in [-0.25, -0.2) is 0 Å². The van der Waals surface area contributed by atoms with Crippen LogP contribution in [0, 0.1) is 0 Å². The molecule has 0 aliphatic rings. The van der Waals surface area contributed by atoms with Crippen molar-refractivity contribution < 1.29 is 4.42 Å². The van der Waals surface area contributed by atoms with Crippen LogP contribution in [0.4, 0.5) is 6.01 Å². The smallest absolute Gasteiger partial charge is 0.318 e. The molecule has 0 bridgehead atoms. The molecule has 0 spiro atoms. The van der Waals surface area contributed by atoms with Gasteiger partial charge in [0.25, 0.3) is 0 Å². The van der Waals surface area contributed by atoms with Gasteiger partial charge in [0, 0.05) is 38.4 Å². The highest BCUT2D eigenvalue weighted by molar-refractivity contribution is 5.27. The molecular formula is C12H17N5O. The van der Waals surface area contributed by atoms with Gasteiger partial charge in [-0.3, -0.25) is 4.98 Å². The topological polar surface area (TPSA) is 81.1 Å². The fraction of sp³-hybridized carbons (Fsp3) is 0.417. The first-order chi connectivity index (χ1) is 8.83. The Kier molecular flexibility index (Phi) is 4.25. The van der Waals surface area contributed by atoms with Crippen molar-refractivity contribution in [2.75, 3.05) is 18.0 Å². The standard InChI is InChI=1S/C12H17N5O/c1-2-17(9-10-4-7-14-8-5-10)12-16-15-11(18-12)3-6-13/h4-5,7-8H,2-3,6,9,13H2,1H3. The molecule has 0 unspecified atom stereocenters. The first-order valence-corrected chi connectivity index (χ1v) is 5.99. The highest BCUT2D eigenvalue weighted by Gasteiger charge is 2.12. The number of pyridine rings is 1. The van der Waals surface area contributed by atoms with Crippen LogP contribution in [-0.2, 0) is 13.0 Å². The fourth-order valence-electron chi connectivity index (χ4n) is 1.62. The third kappa shape index (κ3) is 3.04. The van der Waals surface area contributed by atoms with Gasteiger partial charge in [-0.1, -0.05) is 5.10 Å². The molecular weight excluding hydrogens is 230 g/mol. The second kappa shape index (κ2) is 6.11. The molecule has 6 nitrogen and oxygen atoms in total. The van der Waals surface area contributed by atoms with Gasteiger partial charge >= 0.3 is 6.01 Å². The van der Waals surface area contributed by atoms with Crippen molar-refractivity contribution in [3.63, 3.8) is 0 Å². The van der Waals surface area contributed by atoms with Gasteiger partial charge < -0.3 is 15.1 Å². The van der Waals surface area contributed by atoms with Crippen LogP contribution in [0.2, 0.25) is 0 Å². The molecule has 0 saturated carbocycles. The van der Waals surface area contributed by atoms with E-state index in [-0.39, 0.29) is 0 Å². The molecule has 0 aromatic carbocycles. The average molecular weight is 247 g/mol. The first kappa shape index (κ1) is 12.5. The zero-order valence-corrected chi connectivity index (χ0v) is 10.4. The number of aromatic nitrogens is 3. The highest BCUT2D eigenvalue weighted by Crippen LogP contribution is 2.15. The van der Waals surface area contributed by atoms with Crippen molar-refractivity contribution in [2.45, 2.75) is 19.9 Å². The average Bonchev–Trinajstić information content (AvgIpc) is 2.86. The molecule has 2 aromatic rings. The first-order valence-electron chi connectivity index (χ1n) is 5.99. The van der Waals surface area contributed by atoms with Crippen molar-refractivity contribution in [1.82, 2.24) is 15.2 Å². The predicted molar refractivity (Wildman–Crippen MR) is 68.0 cm³/mol. The van der Waals surface area contributed by atoms with E-state index in [1.54, 1.807) is 12.4 Å². The summed E-state index contributed by atoms with van der Waals surface area (Å²) in [6.07, 6.45) is 4.16. The van der Waals surface area contributed by atoms with E-state index >= 15 is 0 Å². The summed E-state index contributed by atoms with van der Waals surface area (Å²) in [4.78, 5) is 6.01. The normalized spacial score (nSPS) is 10.6. The molecule has 6 heteroatoms. The van der Waals surface area contributed by atoms with Crippen molar-refractivity contribution in [3.05, 3.63) is 36.0 Å². The molecule has 0 aliphatic heterocycles. The Labute approximate surface area is 106 Å². The molecule has 0 saturated heterocycles.